The van der Waals surface area contributed by atoms with Crippen LogP contribution in [0.1, 0.15) is 18.9 Å². The average molecular weight is 320 g/mol. The monoisotopic (exact) mass is 319 g/mol. The number of hydrogen-bond donors (Lipinski definition) is 0. The second kappa shape index (κ2) is 6.08. The number of rotatable bonds is 3. The summed E-state index contributed by atoms with van der Waals surface area (Å²) < 4.78 is 33.3. The van der Waals surface area contributed by atoms with E-state index in [9.17, 15) is 8.78 Å². The Balaban J connectivity index is 2.11. The lowest BCUT2D eigenvalue weighted by Crippen LogP contribution is -2.41. The third kappa shape index (κ3) is 3.08. The molecule has 1 unspecified atom stereocenters. The molecule has 18 heavy (non-hydrogen) atoms. The molecule has 1 heterocycles. The zero-order valence-electron chi connectivity index (χ0n) is 10.3. The molecule has 0 saturated carbocycles. The van der Waals surface area contributed by atoms with Crippen LogP contribution in [-0.2, 0) is 11.3 Å². The molecule has 2 nitrogen and oxygen atoms in total. The van der Waals surface area contributed by atoms with Crippen LogP contribution < -0.4 is 0 Å². The van der Waals surface area contributed by atoms with Crippen LogP contribution >= 0.6 is 15.9 Å². The minimum absolute atomic E-state index is 0.126. The van der Waals surface area contributed by atoms with Crippen LogP contribution in [0.5, 0.6) is 0 Å². The van der Waals surface area contributed by atoms with Crippen molar-refractivity contribution in [3.05, 3.63) is 33.8 Å². The van der Waals surface area contributed by atoms with Crippen LogP contribution in [0.4, 0.5) is 8.78 Å². The maximum atomic E-state index is 13.9. The van der Waals surface area contributed by atoms with Crippen LogP contribution in [0, 0.1) is 11.6 Å². The quantitative estimate of drug-likeness (QED) is 0.792. The molecule has 0 radical (unpaired) electrons. The molecule has 1 aromatic rings. The Hall–Kier alpha value is -0.520. The molecule has 1 saturated heterocycles. The molecule has 1 aliphatic rings. The van der Waals surface area contributed by atoms with Crippen LogP contribution in [0.25, 0.3) is 0 Å². The maximum absolute atomic E-state index is 13.9. The Morgan fingerprint density at radius 1 is 1.44 bits per heavy atom. The van der Waals surface area contributed by atoms with Gasteiger partial charge in [-0.05, 0) is 34.5 Å². The minimum atomic E-state index is -0.505. The molecule has 100 valence electrons. The van der Waals surface area contributed by atoms with Gasteiger partial charge >= 0.3 is 0 Å². The number of morpholine rings is 1. The van der Waals surface area contributed by atoms with Crippen molar-refractivity contribution in [3.63, 3.8) is 0 Å². The number of hydrogen-bond acceptors (Lipinski definition) is 2. The van der Waals surface area contributed by atoms with E-state index in [1.807, 2.05) is 4.90 Å². The first kappa shape index (κ1) is 13.9. The molecule has 1 aromatic carbocycles. The van der Waals surface area contributed by atoms with Crippen molar-refractivity contribution in [3.8, 4) is 0 Å². The predicted molar refractivity (Wildman–Crippen MR) is 69.4 cm³/mol. The van der Waals surface area contributed by atoms with Gasteiger partial charge in [-0.15, -0.1) is 0 Å². The Morgan fingerprint density at radius 2 is 2.22 bits per heavy atom. The van der Waals surface area contributed by atoms with Crippen LogP contribution in [0.2, 0.25) is 0 Å². The molecule has 1 aliphatic heterocycles. The second-order valence-corrected chi connectivity index (χ2v) is 5.31. The molecule has 1 atom stereocenters. The lowest BCUT2D eigenvalue weighted by molar-refractivity contribution is -0.0330. The van der Waals surface area contributed by atoms with E-state index in [1.54, 1.807) is 0 Å². The zero-order valence-corrected chi connectivity index (χ0v) is 11.8. The summed E-state index contributed by atoms with van der Waals surface area (Å²) in [5, 5.41) is 0. The number of ether oxygens (including phenoxy) is 1. The van der Waals surface area contributed by atoms with Gasteiger partial charge in [0.1, 0.15) is 11.6 Å². The van der Waals surface area contributed by atoms with E-state index < -0.39 is 11.6 Å². The average Bonchev–Trinajstić information content (AvgIpc) is 2.39. The highest BCUT2D eigenvalue weighted by atomic mass is 79.9. The van der Waals surface area contributed by atoms with E-state index in [0.717, 1.165) is 13.0 Å². The summed E-state index contributed by atoms with van der Waals surface area (Å²) in [5.74, 6) is -0.996. The third-order valence-corrected chi connectivity index (χ3v) is 3.81. The molecular formula is C13H16BrF2NO. The standard InChI is InChI=1S/C13H16BrF2NO/c1-2-9-7-17(5-6-18-9)8-10-12(15)4-3-11(14)13(10)16/h3-4,9H,2,5-8H2,1H3. The smallest absolute Gasteiger partial charge is 0.144 e. The molecule has 0 amide bonds. The van der Waals surface area contributed by atoms with Gasteiger partial charge < -0.3 is 4.74 Å². The van der Waals surface area contributed by atoms with Crippen LogP contribution in [0.3, 0.4) is 0 Å². The van der Waals surface area contributed by atoms with E-state index in [2.05, 4.69) is 22.9 Å². The van der Waals surface area contributed by atoms with Crippen LogP contribution in [0.15, 0.2) is 16.6 Å². The predicted octanol–water partition coefficient (Wildman–Crippen LogP) is 3.34. The van der Waals surface area contributed by atoms with Crippen molar-refractivity contribution in [1.29, 1.82) is 0 Å². The largest absolute Gasteiger partial charge is 0.376 e. The summed E-state index contributed by atoms with van der Waals surface area (Å²) in [6, 6.07) is 2.68. The Kier molecular flexibility index (Phi) is 4.70. The topological polar surface area (TPSA) is 12.5 Å². The fourth-order valence-corrected chi connectivity index (χ4v) is 2.48. The Bertz CT molecular complexity index is 428. The number of nitrogens with zero attached hydrogens (tertiary/aromatic N) is 1. The van der Waals surface area contributed by atoms with Gasteiger partial charge in [-0.3, -0.25) is 4.90 Å². The fraction of sp³-hybridized carbons (Fsp3) is 0.538. The summed E-state index contributed by atoms with van der Waals surface area (Å²) in [5.41, 5.74) is 0.126. The molecular weight excluding hydrogens is 304 g/mol. The first-order chi connectivity index (χ1) is 8.61. The summed E-state index contributed by atoms with van der Waals surface area (Å²) in [7, 11) is 0. The van der Waals surface area contributed by atoms with Crippen LogP contribution in [-0.4, -0.2) is 30.7 Å². The van der Waals surface area contributed by atoms with Gasteiger partial charge in [0.05, 0.1) is 17.2 Å². The normalized spacial score (nSPS) is 21.2. The van der Waals surface area contributed by atoms with Gasteiger partial charge in [0.25, 0.3) is 0 Å². The van der Waals surface area contributed by atoms with Gasteiger partial charge in [0, 0.05) is 25.2 Å². The lowest BCUT2D eigenvalue weighted by Gasteiger charge is -2.32. The van der Waals surface area contributed by atoms with Crippen molar-refractivity contribution in [2.75, 3.05) is 19.7 Å². The molecule has 5 heteroatoms. The van der Waals surface area contributed by atoms with Gasteiger partial charge in [0.2, 0.25) is 0 Å². The zero-order chi connectivity index (χ0) is 13.1. The third-order valence-electron chi connectivity index (χ3n) is 3.20. The molecule has 0 aromatic heterocycles. The molecule has 0 spiro atoms. The van der Waals surface area contributed by atoms with Gasteiger partial charge in [-0.2, -0.15) is 0 Å². The van der Waals surface area contributed by atoms with Gasteiger partial charge in [-0.1, -0.05) is 6.92 Å². The van der Waals surface area contributed by atoms with E-state index in [4.69, 9.17) is 4.74 Å². The van der Waals surface area contributed by atoms with Gasteiger partial charge in [0.15, 0.2) is 0 Å². The summed E-state index contributed by atoms with van der Waals surface area (Å²) in [4.78, 5) is 2.03. The minimum Gasteiger partial charge on any atom is -0.376 e. The van der Waals surface area contributed by atoms with Crippen molar-refractivity contribution >= 4 is 15.9 Å². The maximum Gasteiger partial charge on any atom is 0.144 e. The first-order valence-electron chi connectivity index (χ1n) is 6.08. The summed E-state index contributed by atoms with van der Waals surface area (Å²) in [6.45, 7) is 4.39. The fourth-order valence-electron chi connectivity index (χ4n) is 2.11. The summed E-state index contributed by atoms with van der Waals surface area (Å²) >= 11 is 3.09. The second-order valence-electron chi connectivity index (χ2n) is 4.46. The highest BCUT2D eigenvalue weighted by molar-refractivity contribution is 9.10. The summed E-state index contributed by atoms with van der Waals surface area (Å²) in [6.07, 6.45) is 1.08. The van der Waals surface area contributed by atoms with Gasteiger partial charge in [-0.25, -0.2) is 8.78 Å². The molecule has 0 aliphatic carbocycles. The molecule has 0 N–H and O–H groups in total. The first-order valence-corrected chi connectivity index (χ1v) is 6.87. The van der Waals surface area contributed by atoms with Crippen molar-refractivity contribution in [2.45, 2.75) is 26.0 Å². The molecule has 2 rings (SSSR count). The highest BCUT2D eigenvalue weighted by Gasteiger charge is 2.22. The SMILES string of the molecule is CCC1CN(Cc2c(F)ccc(Br)c2F)CCO1. The van der Waals surface area contributed by atoms with Crippen molar-refractivity contribution in [1.82, 2.24) is 4.90 Å². The molecule has 0 bridgehead atoms. The highest BCUT2D eigenvalue weighted by Crippen LogP contribution is 2.23. The van der Waals surface area contributed by atoms with Crippen molar-refractivity contribution in [2.24, 2.45) is 0 Å². The lowest BCUT2D eigenvalue weighted by atomic mass is 10.1. The Labute approximate surface area is 114 Å². The number of halogens is 3. The van der Waals surface area contributed by atoms with E-state index >= 15 is 0 Å². The van der Waals surface area contributed by atoms with Crippen molar-refractivity contribution < 1.29 is 13.5 Å². The van der Waals surface area contributed by atoms with E-state index in [1.165, 1.54) is 12.1 Å². The Morgan fingerprint density at radius 3 is 2.94 bits per heavy atom. The molecule has 1 fully saturated rings. The van der Waals surface area contributed by atoms with E-state index in [0.29, 0.717) is 17.6 Å². The number of benzene rings is 1. The van der Waals surface area contributed by atoms with E-state index in [-0.39, 0.29) is 18.2 Å².